The van der Waals surface area contributed by atoms with E-state index < -0.39 is 10.8 Å². The molecule has 0 saturated heterocycles. The van der Waals surface area contributed by atoms with Crippen molar-refractivity contribution in [3.8, 4) is 0 Å². The molecule has 0 atom stereocenters. The van der Waals surface area contributed by atoms with Crippen molar-refractivity contribution in [1.82, 2.24) is 0 Å². The first-order valence-electron chi connectivity index (χ1n) is 7.35. The molecule has 0 fully saturated rings. The zero-order valence-corrected chi connectivity index (χ0v) is 11.7. The van der Waals surface area contributed by atoms with Gasteiger partial charge in [0, 0.05) is 0 Å². The summed E-state index contributed by atoms with van der Waals surface area (Å²) in [6, 6.07) is 0. The van der Waals surface area contributed by atoms with Crippen molar-refractivity contribution in [2.45, 2.75) is 84.0 Å². The van der Waals surface area contributed by atoms with Gasteiger partial charge in [0.25, 0.3) is 0 Å². The first kappa shape index (κ1) is 17.1. The van der Waals surface area contributed by atoms with E-state index in [1.807, 2.05) is 0 Å². The van der Waals surface area contributed by atoms with Crippen molar-refractivity contribution in [1.29, 1.82) is 0 Å². The molecule has 0 radical (unpaired) electrons. The topological polar surface area (TPSA) is 60.2 Å². The molecule has 0 spiro atoms. The van der Waals surface area contributed by atoms with Gasteiger partial charge in [-0.25, -0.2) is 4.79 Å². The maximum absolute atomic E-state index is 10.7. The molecular weight excluding hydrogens is 230 g/mol. The minimum Gasteiger partial charge on any atom is -0.256 e. The third kappa shape index (κ3) is 11.6. The van der Waals surface area contributed by atoms with Gasteiger partial charge >= 0.3 is 5.91 Å². The van der Waals surface area contributed by atoms with E-state index in [2.05, 4.69) is 6.92 Å². The van der Waals surface area contributed by atoms with Gasteiger partial charge in [0.15, 0.2) is 0 Å². The molecule has 0 aliphatic rings. The Labute approximate surface area is 110 Å². The van der Waals surface area contributed by atoms with Gasteiger partial charge in [-0.2, -0.15) is 0 Å². The van der Waals surface area contributed by atoms with E-state index in [0.29, 0.717) is 6.42 Å². The predicted octanol–water partition coefficient (Wildman–Crippen LogP) is 4.49. The van der Waals surface area contributed by atoms with Crippen LogP contribution >= 0.6 is 0 Å². The van der Waals surface area contributed by atoms with Crippen molar-refractivity contribution in [2.75, 3.05) is 0 Å². The Hall–Kier alpha value is -0.930. The van der Waals surface area contributed by atoms with Gasteiger partial charge in [-0.05, 0) is 6.42 Å². The fourth-order valence-corrected chi connectivity index (χ4v) is 2.03. The van der Waals surface area contributed by atoms with Gasteiger partial charge in [0.2, 0.25) is 0 Å². The van der Waals surface area contributed by atoms with E-state index in [1.165, 1.54) is 51.4 Å². The second-order valence-electron chi connectivity index (χ2n) is 4.94. The molecule has 0 aromatic carbocycles. The van der Waals surface area contributed by atoms with Crippen molar-refractivity contribution < 1.29 is 9.72 Å². The highest BCUT2D eigenvalue weighted by Crippen LogP contribution is 2.11. The maximum atomic E-state index is 10.7. The van der Waals surface area contributed by atoms with Gasteiger partial charge in [0.05, 0.1) is 6.42 Å². The Morgan fingerprint density at radius 3 is 1.61 bits per heavy atom. The van der Waals surface area contributed by atoms with Gasteiger partial charge in [-0.3, -0.25) is 10.1 Å². The average Bonchev–Trinajstić information content (AvgIpc) is 2.35. The molecule has 0 unspecified atom stereocenters. The number of unbranched alkanes of at least 4 members (excludes halogenated alkanes) is 10. The molecule has 1 amide bonds. The van der Waals surface area contributed by atoms with Crippen LogP contribution in [-0.2, 0) is 4.79 Å². The van der Waals surface area contributed by atoms with Crippen LogP contribution in [0, 0.1) is 10.1 Å². The summed E-state index contributed by atoms with van der Waals surface area (Å²) in [5.74, 6) is -0.842. The maximum Gasteiger partial charge on any atom is 0.444 e. The van der Waals surface area contributed by atoms with Gasteiger partial charge in [0.1, 0.15) is 4.92 Å². The van der Waals surface area contributed by atoms with Crippen LogP contribution in [0.2, 0.25) is 0 Å². The number of hydrogen-bond acceptors (Lipinski definition) is 3. The summed E-state index contributed by atoms with van der Waals surface area (Å²) in [4.78, 5) is 20.0. The van der Waals surface area contributed by atoms with Crippen molar-refractivity contribution in [3.05, 3.63) is 10.1 Å². The predicted molar refractivity (Wildman–Crippen MR) is 73.1 cm³/mol. The Morgan fingerprint density at radius 2 is 1.22 bits per heavy atom. The van der Waals surface area contributed by atoms with E-state index in [9.17, 15) is 14.9 Å². The molecule has 0 N–H and O–H groups in total. The molecule has 106 valence electrons. The third-order valence-electron chi connectivity index (χ3n) is 3.20. The molecule has 4 heteroatoms. The summed E-state index contributed by atoms with van der Waals surface area (Å²) in [6.45, 7) is 2.23. The van der Waals surface area contributed by atoms with E-state index in [1.54, 1.807) is 0 Å². The standard InChI is InChI=1S/C14H27NO3/c1-2-3-4-5-6-7-8-9-10-11-12-13-14(16)15(17)18/h2-13H2,1H3. The first-order chi connectivity index (χ1) is 8.68. The van der Waals surface area contributed by atoms with Crippen LogP contribution in [0.1, 0.15) is 84.0 Å². The average molecular weight is 257 g/mol. The lowest BCUT2D eigenvalue weighted by atomic mass is 10.1. The summed E-state index contributed by atoms with van der Waals surface area (Å²) in [7, 11) is 0. The Morgan fingerprint density at radius 1 is 0.833 bits per heavy atom. The Balaban J connectivity index is 3.07. The lowest BCUT2D eigenvalue weighted by Gasteiger charge is -2.01. The molecule has 0 aromatic rings. The molecule has 0 saturated carbocycles. The summed E-state index contributed by atoms with van der Waals surface area (Å²) in [6.07, 6.45) is 13.3. The number of nitro groups is 1. The molecular formula is C14H27NO3. The highest BCUT2D eigenvalue weighted by Gasteiger charge is 2.12. The zero-order chi connectivity index (χ0) is 13.6. The number of nitrogens with zero attached hydrogens (tertiary/aromatic N) is 1. The van der Waals surface area contributed by atoms with Crippen LogP contribution < -0.4 is 0 Å². The second kappa shape index (κ2) is 12.5. The molecule has 0 aliphatic carbocycles. The van der Waals surface area contributed by atoms with E-state index in [4.69, 9.17) is 0 Å². The molecule has 0 aliphatic heterocycles. The lowest BCUT2D eigenvalue weighted by Crippen LogP contribution is -2.10. The molecule has 0 aromatic heterocycles. The van der Waals surface area contributed by atoms with Crippen LogP contribution in [0.25, 0.3) is 0 Å². The Kier molecular flexibility index (Phi) is 11.9. The third-order valence-corrected chi connectivity index (χ3v) is 3.20. The second-order valence-corrected chi connectivity index (χ2v) is 4.94. The quantitative estimate of drug-likeness (QED) is 0.294. The summed E-state index contributed by atoms with van der Waals surface area (Å²) < 4.78 is 0. The highest BCUT2D eigenvalue weighted by atomic mass is 16.6. The Bertz CT molecular complexity index is 229. The minimum atomic E-state index is -0.842. The largest absolute Gasteiger partial charge is 0.444 e. The normalized spacial score (nSPS) is 10.5. The number of amides is 1. The summed E-state index contributed by atoms with van der Waals surface area (Å²) in [5.41, 5.74) is 0. The molecule has 0 heterocycles. The minimum absolute atomic E-state index is 0.101. The van der Waals surface area contributed by atoms with Crippen LogP contribution in [0.15, 0.2) is 0 Å². The van der Waals surface area contributed by atoms with Gasteiger partial charge in [-0.1, -0.05) is 71.1 Å². The zero-order valence-electron chi connectivity index (χ0n) is 11.7. The van der Waals surface area contributed by atoms with Crippen LogP contribution in [0.3, 0.4) is 0 Å². The number of carbonyl (C=O) groups excluding carboxylic acids is 1. The van der Waals surface area contributed by atoms with Crippen molar-refractivity contribution in [3.63, 3.8) is 0 Å². The highest BCUT2D eigenvalue weighted by molar-refractivity contribution is 5.66. The lowest BCUT2D eigenvalue weighted by molar-refractivity contribution is -0.402. The van der Waals surface area contributed by atoms with Crippen molar-refractivity contribution in [2.24, 2.45) is 0 Å². The number of rotatable bonds is 12. The molecule has 18 heavy (non-hydrogen) atoms. The van der Waals surface area contributed by atoms with E-state index in [-0.39, 0.29) is 6.42 Å². The smallest absolute Gasteiger partial charge is 0.256 e. The van der Waals surface area contributed by atoms with Crippen LogP contribution in [0.4, 0.5) is 0 Å². The monoisotopic (exact) mass is 257 g/mol. The molecule has 0 bridgehead atoms. The SMILES string of the molecule is CCCCCCCCCCCCCC(=O)[N+](=O)[O-]. The fourth-order valence-electron chi connectivity index (χ4n) is 2.03. The van der Waals surface area contributed by atoms with E-state index in [0.717, 1.165) is 12.8 Å². The van der Waals surface area contributed by atoms with Gasteiger partial charge < -0.3 is 0 Å². The number of carbonyl (C=O) groups is 1. The number of hydrogen-bond donors (Lipinski definition) is 0. The first-order valence-corrected chi connectivity index (χ1v) is 7.35. The van der Waals surface area contributed by atoms with E-state index >= 15 is 0 Å². The van der Waals surface area contributed by atoms with Crippen molar-refractivity contribution >= 4 is 5.91 Å². The fraction of sp³-hybridized carbons (Fsp3) is 0.929. The summed E-state index contributed by atoms with van der Waals surface area (Å²) in [5, 5.41) is 10.1. The van der Waals surface area contributed by atoms with Crippen LogP contribution in [-0.4, -0.2) is 10.8 Å². The van der Waals surface area contributed by atoms with Gasteiger partial charge in [-0.15, -0.1) is 0 Å². The molecule has 4 nitrogen and oxygen atoms in total. The molecule has 0 rings (SSSR count). The summed E-state index contributed by atoms with van der Waals surface area (Å²) >= 11 is 0. The van der Waals surface area contributed by atoms with Crippen LogP contribution in [0.5, 0.6) is 0 Å².